The fraction of sp³-hybridized carbons (Fsp3) is 0.667. The maximum absolute atomic E-state index is 11.8. The van der Waals surface area contributed by atoms with E-state index in [9.17, 15) is 9.36 Å². The summed E-state index contributed by atoms with van der Waals surface area (Å²) in [7, 11) is -3.35. The molecule has 0 aromatic heterocycles. The van der Waals surface area contributed by atoms with Crippen molar-refractivity contribution in [2.24, 2.45) is 0 Å². The highest BCUT2D eigenvalue weighted by molar-refractivity contribution is 7.54. The predicted octanol–water partition coefficient (Wildman–Crippen LogP) is 2.33. The summed E-state index contributed by atoms with van der Waals surface area (Å²) in [4.78, 5) is 11.2. The Labute approximate surface area is 89.9 Å². The molecule has 0 spiro atoms. The van der Waals surface area contributed by atoms with Gasteiger partial charge in [0.25, 0.3) is 0 Å². The first-order chi connectivity index (χ1) is 6.93. The molecule has 0 atom stereocenters. The largest absolute Gasteiger partial charge is 0.432 e. The summed E-state index contributed by atoms with van der Waals surface area (Å²) in [6, 6.07) is 0. The fourth-order valence-electron chi connectivity index (χ4n) is 0.907. The van der Waals surface area contributed by atoms with Crippen LogP contribution in [0, 0.1) is 0 Å². The molecule has 0 aliphatic rings. The summed E-state index contributed by atoms with van der Waals surface area (Å²) < 4.78 is 26.4. The van der Waals surface area contributed by atoms with Crippen LogP contribution in [-0.4, -0.2) is 25.3 Å². The van der Waals surface area contributed by atoms with Crippen LogP contribution in [0.4, 0.5) is 0 Å². The zero-order chi connectivity index (χ0) is 11.9. The number of carbonyl (C=O) groups excluding carboxylic acids is 1. The van der Waals surface area contributed by atoms with E-state index in [4.69, 9.17) is 9.05 Å². The first-order valence-electron chi connectivity index (χ1n) is 4.67. The quantitative estimate of drug-likeness (QED) is 0.385. The molecule has 88 valence electrons. The fourth-order valence-corrected chi connectivity index (χ4v) is 2.33. The second-order valence-electron chi connectivity index (χ2n) is 2.78. The molecule has 0 radical (unpaired) electrons. The Morgan fingerprint density at radius 2 is 1.73 bits per heavy atom. The molecule has 0 bridgehead atoms. The monoisotopic (exact) mass is 236 g/mol. The Bertz CT molecular complexity index is 264. The molecular formula is C9H17O5P. The molecule has 0 amide bonds. The highest BCUT2D eigenvalue weighted by atomic mass is 31.2. The molecule has 0 rings (SSSR count). The zero-order valence-electron chi connectivity index (χ0n) is 9.32. The van der Waals surface area contributed by atoms with Crippen molar-refractivity contribution in [3.63, 3.8) is 0 Å². The summed E-state index contributed by atoms with van der Waals surface area (Å²) in [5, 5.41) is 0. The van der Waals surface area contributed by atoms with Crippen LogP contribution in [-0.2, 0) is 23.1 Å². The first kappa shape index (κ1) is 14.4. The van der Waals surface area contributed by atoms with Crippen LogP contribution in [0.2, 0.25) is 0 Å². The molecular weight excluding hydrogens is 219 g/mol. The van der Waals surface area contributed by atoms with Gasteiger partial charge in [-0.05, 0) is 20.8 Å². The SMILES string of the molecule is C=C(C)OC(=O)CP(=O)(OCC)OCC. The minimum Gasteiger partial charge on any atom is -0.432 e. The molecule has 0 aromatic carbocycles. The molecule has 0 saturated carbocycles. The minimum absolute atomic E-state index is 0.220. The van der Waals surface area contributed by atoms with Crippen molar-refractivity contribution in [1.29, 1.82) is 0 Å². The third-order valence-electron chi connectivity index (χ3n) is 1.26. The van der Waals surface area contributed by atoms with Crippen molar-refractivity contribution in [3.8, 4) is 0 Å². The smallest absolute Gasteiger partial charge is 0.341 e. The molecule has 0 aliphatic carbocycles. The van der Waals surface area contributed by atoms with E-state index in [0.717, 1.165) is 0 Å². The lowest BCUT2D eigenvalue weighted by atomic mass is 10.6. The topological polar surface area (TPSA) is 61.8 Å². The normalized spacial score (nSPS) is 11.1. The Balaban J connectivity index is 4.34. The molecule has 0 fully saturated rings. The molecule has 15 heavy (non-hydrogen) atoms. The van der Waals surface area contributed by atoms with E-state index in [1.807, 2.05) is 0 Å². The second-order valence-corrected chi connectivity index (χ2v) is 4.84. The Hall–Kier alpha value is -0.640. The van der Waals surface area contributed by atoms with Gasteiger partial charge in [-0.15, -0.1) is 0 Å². The maximum Gasteiger partial charge on any atom is 0.341 e. The van der Waals surface area contributed by atoms with Crippen LogP contribution in [0.3, 0.4) is 0 Å². The van der Waals surface area contributed by atoms with Gasteiger partial charge in [-0.2, -0.15) is 0 Å². The predicted molar refractivity (Wildman–Crippen MR) is 56.6 cm³/mol. The number of ether oxygens (including phenoxy) is 1. The van der Waals surface area contributed by atoms with E-state index in [2.05, 4.69) is 11.3 Å². The number of hydrogen-bond donors (Lipinski definition) is 0. The number of allylic oxidation sites excluding steroid dienone is 1. The third-order valence-corrected chi connectivity index (χ3v) is 3.21. The lowest BCUT2D eigenvalue weighted by Gasteiger charge is -2.15. The van der Waals surface area contributed by atoms with Gasteiger partial charge in [0, 0.05) is 0 Å². The van der Waals surface area contributed by atoms with E-state index < -0.39 is 13.6 Å². The van der Waals surface area contributed by atoms with E-state index >= 15 is 0 Å². The van der Waals surface area contributed by atoms with Crippen LogP contribution in [0.1, 0.15) is 20.8 Å². The van der Waals surface area contributed by atoms with Gasteiger partial charge >= 0.3 is 13.6 Å². The van der Waals surface area contributed by atoms with Crippen molar-refractivity contribution in [3.05, 3.63) is 12.3 Å². The van der Waals surface area contributed by atoms with E-state index in [0.29, 0.717) is 0 Å². The van der Waals surface area contributed by atoms with Gasteiger partial charge in [0.15, 0.2) is 0 Å². The summed E-state index contributed by atoms with van der Waals surface area (Å²) >= 11 is 0. The molecule has 0 unspecified atom stereocenters. The van der Waals surface area contributed by atoms with Crippen LogP contribution in [0.25, 0.3) is 0 Å². The molecule has 5 nitrogen and oxygen atoms in total. The number of esters is 1. The maximum atomic E-state index is 11.8. The van der Waals surface area contributed by atoms with Gasteiger partial charge in [0.05, 0.1) is 19.0 Å². The van der Waals surface area contributed by atoms with E-state index in [-0.39, 0.29) is 25.1 Å². The lowest BCUT2D eigenvalue weighted by molar-refractivity contribution is -0.136. The standard InChI is InChI=1S/C9H17O5P/c1-5-12-15(11,13-6-2)7-9(10)14-8(3)4/h3,5-7H2,1-2,4H3. The van der Waals surface area contributed by atoms with Gasteiger partial charge in [-0.1, -0.05) is 6.58 Å². The summed E-state index contributed by atoms with van der Waals surface area (Å²) in [6.07, 6.45) is -0.387. The van der Waals surface area contributed by atoms with Crippen LogP contribution >= 0.6 is 7.60 Å². The summed E-state index contributed by atoms with van der Waals surface area (Å²) in [6.45, 7) is 8.73. The summed E-state index contributed by atoms with van der Waals surface area (Å²) in [5.41, 5.74) is 0. The molecule has 0 N–H and O–H groups in total. The Morgan fingerprint density at radius 1 is 1.27 bits per heavy atom. The van der Waals surface area contributed by atoms with E-state index in [1.54, 1.807) is 13.8 Å². The highest BCUT2D eigenvalue weighted by Crippen LogP contribution is 2.47. The zero-order valence-corrected chi connectivity index (χ0v) is 10.2. The van der Waals surface area contributed by atoms with Crippen molar-refractivity contribution in [1.82, 2.24) is 0 Å². The second kappa shape index (κ2) is 6.77. The lowest BCUT2D eigenvalue weighted by Crippen LogP contribution is -2.12. The van der Waals surface area contributed by atoms with Crippen molar-refractivity contribution >= 4 is 13.6 Å². The van der Waals surface area contributed by atoms with Gasteiger partial charge in [0.1, 0.15) is 6.16 Å². The minimum atomic E-state index is -3.35. The van der Waals surface area contributed by atoms with Crippen molar-refractivity contribution < 1.29 is 23.1 Å². The van der Waals surface area contributed by atoms with Crippen LogP contribution in [0.15, 0.2) is 12.3 Å². The molecule has 0 heterocycles. The third kappa shape index (κ3) is 6.44. The Morgan fingerprint density at radius 3 is 2.07 bits per heavy atom. The van der Waals surface area contributed by atoms with Crippen LogP contribution in [0.5, 0.6) is 0 Å². The van der Waals surface area contributed by atoms with Gasteiger partial charge in [-0.3, -0.25) is 9.36 Å². The number of rotatable bonds is 7. The average molecular weight is 236 g/mol. The van der Waals surface area contributed by atoms with Gasteiger partial charge in [-0.25, -0.2) is 0 Å². The van der Waals surface area contributed by atoms with Gasteiger partial charge < -0.3 is 13.8 Å². The number of hydrogen-bond acceptors (Lipinski definition) is 5. The van der Waals surface area contributed by atoms with Crippen LogP contribution < -0.4 is 0 Å². The summed E-state index contributed by atoms with van der Waals surface area (Å²) in [5.74, 6) is -0.410. The molecule has 6 heteroatoms. The molecule has 0 aromatic rings. The van der Waals surface area contributed by atoms with Crippen molar-refractivity contribution in [2.75, 3.05) is 19.4 Å². The van der Waals surface area contributed by atoms with E-state index in [1.165, 1.54) is 6.92 Å². The molecule has 0 saturated heterocycles. The highest BCUT2D eigenvalue weighted by Gasteiger charge is 2.28. The van der Waals surface area contributed by atoms with Gasteiger partial charge in [0.2, 0.25) is 0 Å². The first-order valence-corrected chi connectivity index (χ1v) is 6.40. The Kier molecular flexibility index (Phi) is 6.48. The number of carbonyl (C=O) groups is 1. The van der Waals surface area contributed by atoms with Crippen molar-refractivity contribution in [2.45, 2.75) is 20.8 Å². The average Bonchev–Trinajstić information content (AvgIpc) is 2.01. The molecule has 0 aliphatic heterocycles.